The Hall–Kier alpha value is -2.64. The fourth-order valence-corrected chi connectivity index (χ4v) is 3.16. The molecule has 1 amide bonds. The molecule has 12 heteroatoms. The van der Waals surface area contributed by atoms with Crippen LogP contribution in [0.15, 0.2) is 41.5 Å². The average Bonchev–Trinajstić information content (AvgIpc) is 2.74. The first-order valence-corrected chi connectivity index (χ1v) is 9.92. The number of hydrogen-bond donors (Lipinski definition) is 4. The van der Waals surface area contributed by atoms with Crippen LogP contribution in [-0.4, -0.2) is 48.0 Å². The van der Waals surface area contributed by atoms with Gasteiger partial charge in [0.2, 0.25) is 11.9 Å². The van der Waals surface area contributed by atoms with Crippen LogP contribution in [0.3, 0.4) is 0 Å². The molecule has 0 bridgehead atoms. The van der Waals surface area contributed by atoms with Crippen molar-refractivity contribution in [3.63, 3.8) is 0 Å². The van der Waals surface area contributed by atoms with Gasteiger partial charge in [-0.25, -0.2) is 9.97 Å². The third kappa shape index (κ3) is 7.21. The van der Waals surface area contributed by atoms with Gasteiger partial charge < -0.3 is 21.3 Å². The van der Waals surface area contributed by atoms with E-state index in [-0.39, 0.29) is 41.8 Å². The molecule has 0 spiro atoms. The molecule has 1 aromatic heterocycles. The van der Waals surface area contributed by atoms with Crippen molar-refractivity contribution in [2.45, 2.75) is 25.4 Å². The summed E-state index contributed by atoms with van der Waals surface area (Å²) in [6.07, 6.45) is -3.10. The Morgan fingerprint density at radius 2 is 2.00 bits per heavy atom. The van der Waals surface area contributed by atoms with E-state index in [1.807, 2.05) is 31.2 Å². The lowest BCUT2D eigenvalue weighted by Gasteiger charge is -2.24. The highest BCUT2D eigenvalue weighted by Crippen LogP contribution is 2.32. The summed E-state index contributed by atoms with van der Waals surface area (Å²) >= 11 is 0. The van der Waals surface area contributed by atoms with Crippen molar-refractivity contribution in [3.05, 3.63) is 47.8 Å². The maximum absolute atomic E-state index is 12.7. The highest BCUT2D eigenvalue weighted by Gasteiger charge is 2.32. The van der Waals surface area contributed by atoms with Crippen molar-refractivity contribution in [2.24, 2.45) is 4.99 Å². The van der Waals surface area contributed by atoms with E-state index in [0.29, 0.717) is 38.6 Å². The van der Waals surface area contributed by atoms with E-state index >= 15 is 0 Å². The molecule has 0 radical (unpaired) electrons. The molecule has 0 saturated heterocycles. The van der Waals surface area contributed by atoms with E-state index in [1.54, 1.807) is 0 Å². The number of amides is 1. The van der Waals surface area contributed by atoms with Gasteiger partial charge in [-0.05, 0) is 24.6 Å². The summed E-state index contributed by atoms with van der Waals surface area (Å²) in [5.74, 6) is 0.389. The second-order valence-electron chi connectivity index (χ2n) is 6.87. The van der Waals surface area contributed by atoms with E-state index in [0.717, 1.165) is 23.5 Å². The van der Waals surface area contributed by atoms with Crippen LogP contribution >= 0.6 is 24.0 Å². The Bertz CT molecular complexity index is 939. The molecule has 4 N–H and O–H groups in total. The lowest BCUT2D eigenvalue weighted by atomic mass is 9.91. The molecule has 0 aliphatic carbocycles. The summed E-state index contributed by atoms with van der Waals surface area (Å²) in [7, 11) is 0. The molecule has 2 aromatic rings. The number of nitrogens with one attached hydrogen (secondary N) is 4. The van der Waals surface area contributed by atoms with E-state index in [9.17, 15) is 18.0 Å². The van der Waals surface area contributed by atoms with Gasteiger partial charge in [-0.1, -0.05) is 18.2 Å². The molecule has 3 rings (SSSR count). The monoisotopic (exact) mass is 563 g/mol. The minimum absolute atomic E-state index is 0. The number of para-hydroxylation sites is 1. The minimum atomic E-state index is -4.52. The zero-order chi connectivity index (χ0) is 22.3. The lowest BCUT2D eigenvalue weighted by molar-refractivity contribution is -0.141. The Morgan fingerprint density at radius 3 is 2.75 bits per heavy atom. The standard InChI is InChI=1S/C20H24F3N7O.HI/c1-2-24-18(26-9-10-27-19-25-8-7-16(30-19)20(21,22)23)28-12-13-11-17(31)29-15-6-4-3-5-14(13)15;/h3-8,13H,2,9-12H2,1H3,(H,29,31)(H2,24,26,28)(H,25,27,30);1H. The number of guanidine groups is 1. The number of aromatic nitrogens is 2. The number of benzene rings is 1. The number of aliphatic imine (C=N–C) groups is 1. The summed E-state index contributed by atoms with van der Waals surface area (Å²) in [5, 5.41) is 11.8. The molecule has 2 heterocycles. The predicted octanol–water partition coefficient (Wildman–Crippen LogP) is 3.21. The van der Waals surface area contributed by atoms with Gasteiger partial charge in [0.15, 0.2) is 5.96 Å². The maximum Gasteiger partial charge on any atom is 0.433 e. The molecule has 1 aliphatic rings. The van der Waals surface area contributed by atoms with Crippen LogP contribution in [0.25, 0.3) is 0 Å². The fourth-order valence-electron chi connectivity index (χ4n) is 3.16. The quantitative estimate of drug-likeness (QED) is 0.179. The average molecular weight is 563 g/mol. The fraction of sp³-hybridized carbons (Fsp3) is 0.400. The van der Waals surface area contributed by atoms with Crippen molar-refractivity contribution in [1.82, 2.24) is 20.6 Å². The number of fused-ring (bicyclic) bond motifs is 1. The zero-order valence-electron chi connectivity index (χ0n) is 17.4. The number of hydrogen-bond acceptors (Lipinski definition) is 5. The smallest absolute Gasteiger partial charge is 0.357 e. The summed E-state index contributed by atoms with van der Waals surface area (Å²) in [5.41, 5.74) is 0.858. The van der Waals surface area contributed by atoms with Gasteiger partial charge in [0, 0.05) is 43.9 Å². The van der Waals surface area contributed by atoms with Crippen LogP contribution in [0.2, 0.25) is 0 Å². The van der Waals surface area contributed by atoms with Crippen LogP contribution in [0.4, 0.5) is 24.8 Å². The van der Waals surface area contributed by atoms with Gasteiger partial charge in [-0.15, -0.1) is 24.0 Å². The van der Waals surface area contributed by atoms with Gasteiger partial charge in [0.25, 0.3) is 0 Å². The van der Waals surface area contributed by atoms with Crippen LogP contribution in [0, 0.1) is 0 Å². The van der Waals surface area contributed by atoms with E-state index in [2.05, 4.69) is 36.2 Å². The molecular formula is C20H25F3IN7O. The largest absolute Gasteiger partial charge is 0.433 e. The molecule has 1 aromatic carbocycles. The molecule has 32 heavy (non-hydrogen) atoms. The summed E-state index contributed by atoms with van der Waals surface area (Å²) in [4.78, 5) is 23.8. The highest BCUT2D eigenvalue weighted by atomic mass is 127. The first-order chi connectivity index (χ1) is 14.9. The molecule has 174 valence electrons. The van der Waals surface area contributed by atoms with Gasteiger partial charge in [0.1, 0.15) is 5.69 Å². The summed E-state index contributed by atoms with van der Waals surface area (Å²) in [6.45, 7) is 3.66. The highest BCUT2D eigenvalue weighted by molar-refractivity contribution is 14.0. The van der Waals surface area contributed by atoms with Gasteiger partial charge >= 0.3 is 6.18 Å². The SMILES string of the molecule is CCNC(=NCC1CC(=O)Nc2ccccc21)NCCNc1nccc(C(F)(F)F)n1.I. The second-order valence-corrected chi connectivity index (χ2v) is 6.87. The van der Waals surface area contributed by atoms with Crippen molar-refractivity contribution in [2.75, 3.05) is 36.8 Å². The third-order valence-corrected chi connectivity index (χ3v) is 4.57. The number of alkyl halides is 3. The number of rotatable bonds is 7. The minimum Gasteiger partial charge on any atom is -0.357 e. The Balaban J connectivity index is 0.00000363. The molecular weight excluding hydrogens is 538 g/mol. The number of anilines is 2. The molecule has 0 saturated carbocycles. The van der Waals surface area contributed by atoms with Crippen molar-refractivity contribution < 1.29 is 18.0 Å². The molecule has 1 aliphatic heterocycles. The van der Waals surface area contributed by atoms with Crippen molar-refractivity contribution in [3.8, 4) is 0 Å². The number of carbonyl (C=O) groups excluding carboxylic acids is 1. The first kappa shape index (κ1) is 25.6. The van der Waals surface area contributed by atoms with Crippen molar-refractivity contribution >= 4 is 47.5 Å². The third-order valence-electron chi connectivity index (χ3n) is 4.57. The zero-order valence-corrected chi connectivity index (χ0v) is 19.7. The van der Waals surface area contributed by atoms with Gasteiger partial charge in [-0.2, -0.15) is 13.2 Å². The van der Waals surface area contributed by atoms with Crippen LogP contribution in [0.1, 0.15) is 30.5 Å². The Labute approximate surface area is 200 Å². The lowest BCUT2D eigenvalue weighted by Crippen LogP contribution is -2.40. The number of nitrogens with zero attached hydrogens (tertiary/aromatic N) is 3. The molecule has 1 unspecified atom stereocenters. The molecule has 0 fully saturated rings. The summed E-state index contributed by atoms with van der Waals surface area (Å²) < 4.78 is 38.2. The number of carbonyl (C=O) groups is 1. The van der Waals surface area contributed by atoms with Crippen LogP contribution in [0.5, 0.6) is 0 Å². The van der Waals surface area contributed by atoms with Crippen molar-refractivity contribution in [1.29, 1.82) is 0 Å². The Kier molecular flexibility index (Phi) is 9.47. The van der Waals surface area contributed by atoms with Crippen LogP contribution < -0.4 is 21.3 Å². The summed E-state index contributed by atoms with van der Waals surface area (Å²) in [6, 6.07) is 8.47. The maximum atomic E-state index is 12.7. The second kappa shape index (κ2) is 11.8. The molecule has 8 nitrogen and oxygen atoms in total. The predicted molar refractivity (Wildman–Crippen MR) is 127 cm³/mol. The normalized spacial score (nSPS) is 15.8. The first-order valence-electron chi connectivity index (χ1n) is 9.92. The van der Waals surface area contributed by atoms with E-state index in [1.165, 1.54) is 0 Å². The van der Waals surface area contributed by atoms with Crippen LogP contribution in [-0.2, 0) is 11.0 Å². The topological polar surface area (TPSA) is 103 Å². The molecule has 1 atom stereocenters. The van der Waals surface area contributed by atoms with Gasteiger partial charge in [0.05, 0.1) is 6.54 Å². The van der Waals surface area contributed by atoms with E-state index < -0.39 is 11.9 Å². The van der Waals surface area contributed by atoms with E-state index in [4.69, 9.17) is 0 Å². The number of halogens is 4. The van der Waals surface area contributed by atoms with Gasteiger partial charge in [-0.3, -0.25) is 9.79 Å². The Morgan fingerprint density at radius 1 is 1.22 bits per heavy atom.